The first kappa shape index (κ1) is 16.2. The molecule has 1 aromatic carbocycles. The molecule has 1 aliphatic rings. The van der Waals surface area contributed by atoms with Gasteiger partial charge in [0.1, 0.15) is 0 Å². The number of phenolic OH excluding ortho intramolecular Hbond substituents is 1. The van der Waals surface area contributed by atoms with Gasteiger partial charge in [0.25, 0.3) is 0 Å². The fourth-order valence-electron chi connectivity index (χ4n) is 3.10. The van der Waals surface area contributed by atoms with Crippen LogP contribution in [0.3, 0.4) is 0 Å². The van der Waals surface area contributed by atoms with E-state index in [4.69, 9.17) is 4.74 Å². The van der Waals surface area contributed by atoms with Crippen LogP contribution >= 0.6 is 0 Å². The van der Waals surface area contributed by atoms with Crippen LogP contribution in [-0.4, -0.2) is 18.3 Å². The molecule has 0 atom stereocenters. The number of hydrogen-bond donors (Lipinski definition) is 2. The molecule has 2 rings (SSSR count). The summed E-state index contributed by atoms with van der Waals surface area (Å²) in [6.07, 6.45) is 6.89. The third kappa shape index (κ3) is 5.24. The molecule has 1 aromatic rings. The molecule has 1 saturated carbocycles. The van der Waals surface area contributed by atoms with Crippen molar-refractivity contribution < 1.29 is 9.84 Å². The van der Waals surface area contributed by atoms with E-state index < -0.39 is 0 Å². The Balaban J connectivity index is 1.70. The van der Waals surface area contributed by atoms with E-state index in [-0.39, 0.29) is 5.75 Å². The minimum Gasteiger partial charge on any atom is -0.504 e. The van der Waals surface area contributed by atoms with Crippen molar-refractivity contribution in [1.82, 2.24) is 5.32 Å². The first-order valence-electron chi connectivity index (χ1n) is 8.34. The van der Waals surface area contributed by atoms with E-state index >= 15 is 0 Å². The number of aromatic hydroxyl groups is 1. The number of benzene rings is 1. The van der Waals surface area contributed by atoms with Crippen LogP contribution in [0.25, 0.3) is 0 Å². The fourth-order valence-corrected chi connectivity index (χ4v) is 3.10. The molecule has 1 fully saturated rings. The lowest BCUT2D eigenvalue weighted by Gasteiger charge is -2.26. The normalized spacial score (nSPS) is 22.2. The highest BCUT2D eigenvalue weighted by molar-refractivity contribution is 5.41. The van der Waals surface area contributed by atoms with Gasteiger partial charge >= 0.3 is 0 Å². The summed E-state index contributed by atoms with van der Waals surface area (Å²) in [5.74, 6) is 2.64. The van der Waals surface area contributed by atoms with Crippen LogP contribution in [-0.2, 0) is 6.54 Å². The summed E-state index contributed by atoms with van der Waals surface area (Å²) < 4.78 is 5.41. The summed E-state index contributed by atoms with van der Waals surface area (Å²) in [5, 5.41) is 13.2. The van der Waals surface area contributed by atoms with Gasteiger partial charge in [-0.2, -0.15) is 0 Å². The second-order valence-electron chi connectivity index (χ2n) is 6.33. The quantitative estimate of drug-likeness (QED) is 0.743. The van der Waals surface area contributed by atoms with Crippen LogP contribution in [0.5, 0.6) is 11.5 Å². The fraction of sp³-hybridized carbons (Fsp3) is 0.667. The van der Waals surface area contributed by atoms with Crippen LogP contribution in [0, 0.1) is 11.8 Å². The highest BCUT2D eigenvalue weighted by Gasteiger charge is 2.17. The Morgan fingerprint density at radius 1 is 1.24 bits per heavy atom. The van der Waals surface area contributed by atoms with Crippen molar-refractivity contribution in [3.63, 3.8) is 0 Å². The van der Waals surface area contributed by atoms with E-state index in [0.717, 1.165) is 30.5 Å². The molecule has 0 spiro atoms. The molecule has 3 nitrogen and oxygen atoms in total. The second kappa shape index (κ2) is 8.28. The predicted molar refractivity (Wildman–Crippen MR) is 86.7 cm³/mol. The average Bonchev–Trinajstić information content (AvgIpc) is 2.49. The number of ether oxygens (including phenoxy) is 1. The van der Waals surface area contributed by atoms with Gasteiger partial charge in [-0.25, -0.2) is 0 Å². The number of hydrogen-bond acceptors (Lipinski definition) is 3. The molecule has 0 bridgehead atoms. The zero-order valence-corrected chi connectivity index (χ0v) is 13.4. The smallest absolute Gasteiger partial charge is 0.161 e. The van der Waals surface area contributed by atoms with Crippen LogP contribution in [0.4, 0.5) is 0 Å². The number of nitrogens with one attached hydrogen (secondary N) is 1. The van der Waals surface area contributed by atoms with Crippen molar-refractivity contribution in [2.24, 2.45) is 11.8 Å². The van der Waals surface area contributed by atoms with Gasteiger partial charge in [-0.05, 0) is 49.4 Å². The summed E-state index contributed by atoms with van der Waals surface area (Å²) >= 11 is 0. The van der Waals surface area contributed by atoms with Crippen LogP contribution < -0.4 is 10.1 Å². The Morgan fingerprint density at radius 3 is 2.71 bits per heavy atom. The molecule has 0 radical (unpaired) electrons. The van der Waals surface area contributed by atoms with E-state index in [1.54, 1.807) is 6.07 Å². The van der Waals surface area contributed by atoms with E-state index in [9.17, 15) is 5.11 Å². The molecule has 0 aliphatic heterocycles. The van der Waals surface area contributed by atoms with Gasteiger partial charge in [0.2, 0.25) is 0 Å². The third-order valence-corrected chi connectivity index (χ3v) is 4.52. The van der Waals surface area contributed by atoms with E-state index in [1.165, 1.54) is 32.1 Å². The van der Waals surface area contributed by atoms with Gasteiger partial charge in [-0.1, -0.05) is 38.7 Å². The second-order valence-corrected chi connectivity index (χ2v) is 6.33. The first-order valence-corrected chi connectivity index (χ1v) is 8.34. The zero-order chi connectivity index (χ0) is 15.1. The lowest BCUT2D eigenvalue weighted by atomic mass is 9.81. The van der Waals surface area contributed by atoms with E-state index in [1.807, 2.05) is 19.1 Å². The van der Waals surface area contributed by atoms with Crippen molar-refractivity contribution in [1.29, 1.82) is 0 Å². The minimum atomic E-state index is 0.219. The molecule has 0 unspecified atom stereocenters. The van der Waals surface area contributed by atoms with Crippen molar-refractivity contribution in [2.75, 3.05) is 13.2 Å². The number of phenols is 1. The molecule has 3 heteroatoms. The maximum Gasteiger partial charge on any atom is 0.161 e. The predicted octanol–water partition coefficient (Wildman–Crippen LogP) is 4.10. The molecule has 21 heavy (non-hydrogen) atoms. The SMILES string of the molecule is CCOc1cc(CNCCC2CCC(C)CC2)ccc1O. The Labute approximate surface area is 128 Å². The summed E-state index contributed by atoms with van der Waals surface area (Å²) in [6, 6.07) is 5.59. The Kier molecular flexibility index (Phi) is 6.37. The van der Waals surface area contributed by atoms with E-state index in [0.29, 0.717) is 12.4 Å². The number of rotatable bonds is 7. The first-order chi connectivity index (χ1) is 10.2. The average molecular weight is 291 g/mol. The maximum absolute atomic E-state index is 9.68. The highest BCUT2D eigenvalue weighted by Crippen LogP contribution is 2.30. The lowest BCUT2D eigenvalue weighted by molar-refractivity contribution is 0.275. The zero-order valence-electron chi connectivity index (χ0n) is 13.4. The molecule has 118 valence electrons. The maximum atomic E-state index is 9.68. The van der Waals surface area contributed by atoms with Gasteiger partial charge in [-0.15, -0.1) is 0 Å². The summed E-state index contributed by atoms with van der Waals surface area (Å²) in [6.45, 7) is 6.78. The van der Waals surface area contributed by atoms with Gasteiger partial charge in [0, 0.05) is 6.54 Å². The summed E-state index contributed by atoms with van der Waals surface area (Å²) in [4.78, 5) is 0. The molecule has 0 aromatic heterocycles. The molecule has 0 amide bonds. The van der Waals surface area contributed by atoms with Crippen LogP contribution in [0.1, 0.15) is 51.5 Å². The Bertz CT molecular complexity index is 425. The molecule has 1 aliphatic carbocycles. The molecule has 2 N–H and O–H groups in total. The van der Waals surface area contributed by atoms with Crippen LogP contribution in [0.2, 0.25) is 0 Å². The Morgan fingerprint density at radius 2 is 2.00 bits per heavy atom. The van der Waals surface area contributed by atoms with Crippen molar-refractivity contribution in [2.45, 2.75) is 52.5 Å². The van der Waals surface area contributed by atoms with Crippen molar-refractivity contribution >= 4 is 0 Å². The van der Waals surface area contributed by atoms with Gasteiger partial charge in [0.15, 0.2) is 11.5 Å². The van der Waals surface area contributed by atoms with Crippen LogP contribution in [0.15, 0.2) is 18.2 Å². The lowest BCUT2D eigenvalue weighted by Crippen LogP contribution is -2.20. The monoisotopic (exact) mass is 291 g/mol. The largest absolute Gasteiger partial charge is 0.504 e. The van der Waals surface area contributed by atoms with Crippen molar-refractivity contribution in [3.05, 3.63) is 23.8 Å². The molecular formula is C18H29NO2. The molecule has 0 heterocycles. The summed E-state index contributed by atoms with van der Waals surface area (Å²) in [7, 11) is 0. The van der Waals surface area contributed by atoms with Gasteiger partial charge in [0.05, 0.1) is 6.61 Å². The standard InChI is InChI=1S/C18H29NO2/c1-3-21-18-12-16(8-9-17(18)20)13-19-11-10-15-6-4-14(2)5-7-15/h8-9,12,14-15,19-20H,3-7,10-11,13H2,1-2H3. The van der Waals surface area contributed by atoms with Gasteiger partial charge in [-0.3, -0.25) is 0 Å². The molecular weight excluding hydrogens is 262 g/mol. The molecule has 0 saturated heterocycles. The Hall–Kier alpha value is -1.22. The van der Waals surface area contributed by atoms with E-state index in [2.05, 4.69) is 12.2 Å². The summed E-state index contributed by atoms with van der Waals surface area (Å²) in [5.41, 5.74) is 1.16. The van der Waals surface area contributed by atoms with Crippen molar-refractivity contribution in [3.8, 4) is 11.5 Å². The minimum absolute atomic E-state index is 0.219. The van der Waals surface area contributed by atoms with Gasteiger partial charge < -0.3 is 15.2 Å². The third-order valence-electron chi connectivity index (χ3n) is 4.52. The topological polar surface area (TPSA) is 41.5 Å². The highest BCUT2D eigenvalue weighted by atomic mass is 16.5.